The number of rotatable bonds is 5. The first kappa shape index (κ1) is 17.5. The van der Waals surface area contributed by atoms with E-state index in [-0.39, 0.29) is 11.6 Å². The van der Waals surface area contributed by atoms with E-state index in [4.69, 9.17) is 0 Å². The van der Waals surface area contributed by atoms with E-state index in [0.29, 0.717) is 23.1 Å². The standard InChI is InChI=1S/C21H18F2N6/c1-11-2-6-16-14(8-11)20(26-19-10-18(28-29-19)12-3-4-12)27-21(24-16)25-17-7-5-13(22)9-15(17)23/h2,5-10,12H,3-4H2,1H3,(H3,24,25,26,27,28,29). The molecule has 1 aliphatic carbocycles. The minimum Gasteiger partial charge on any atom is -0.323 e. The van der Waals surface area contributed by atoms with E-state index in [0.717, 1.165) is 22.7 Å². The zero-order valence-corrected chi connectivity index (χ0v) is 15.6. The van der Waals surface area contributed by atoms with Crippen molar-refractivity contribution in [3.63, 3.8) is 0 Å². The normalized spacial score (nSPS) is 13.6. The lowest BCUT2D eigenvalue weighted by molar-refractivity contribution is 0.586. The van der Waals surface area contributed by atoms with Crippen LogP contribution >= 0.6 is 0 Å². The fourth-order valence-corrected chi connectivity index (χ4v) is 3.23. The maximum Gasteiger partial charge on any atom is 0.229 e. The van der Waals surface area contributed by atoms with Gasteiger partial charge in [0.15, 0.2) is 5.82 Å². The summed E-state index contributed by atoms with van der Waals surface area (Å²) >= 11 is 0. The molecule has 6 nitrogen and oxygen atoms in total. The predicted molar refractivity (Wildman–Crippen MR) is 108 cm³/mol. The van der Waals surface area contributed by atoms with Gasteiger partial charge in [0.1, 0.15) is 17.5 Å². The number of anilines is 4. The number of aromatic amines is 1. The summed E-state index contributed by atoms with van der Waals surface area (Å²) in [5.74, 6) is 0.613. The Morgan fingerprint density at radius 1 is 1.00 bits per heavy atom. The Balaban J connectivity index is 1.53. The first-order valence-electron chi connectivity index (χ1n) is 9.38. The maximum atomic E-state index is 14.0. The molecule has 0 aliphatic heterocycles. The highest BCUT2D eigenvalue weighted by Gasteiger charge is 2.25. The molecule has 0 saturated heterocycles. The number of hydrogen-bond acceptors (Lipinski definition) is 5. The number of fused-ring (bicyclic) bond motifs is 1. The van der Waals surface area contributed by atoms with Gasteiger partial charge in [-0.15, -0.1) is 0 Å². The monoisotopic (exact) mass is 392 g/mol. The summed E-state index contributed by atoms with van der Waals surface area (Å²) in [6, 6.07) is 11.1. The summed E-state index contributed by atoms with van der Waals surface area (Å²) < 4.78 is 27.2. The largest absolute Gasteiger partial charge is 0.323 e. The molecule has 1 fully saturated rings. The van der Waals surface area contributed by atoms with E-state index in [1.165, 1.54) is 25.0 Å². The molecule has 2 heterocycles. The second-order valence-electron chi connectivity index (χ2n) is 7.27. The third-order valence-corrected chi connectivity index (χ3v) is 4.89. The minimum absolute atomic E-state index is 0.0969. The summed E-state index contributed by atoms with van der Waals surface area (Å²) in [4.78, 5) is 8.99. The molecular weight excluding hydrogens is 374 g/mol. The lowest BCUT2D eigenvalue weighted by Gasteiger charge is -2.11. The van der Waals surface area contributed by atoms with Crippen LogP contribution in [0.2, 0.25) is 0 Å². The second kappa shape index (κ2) is 6.80. The molecule has 2 aromatic carbocycles. The van der Waals surface area contributed by atoms with Crippen LogP contribution in [0.1, 0.15) is 30.0 Å². The van der Waals surface area contributed by atoms with Gasteiger partial charge >= 0.3 is 0 Å². The van der Waals surface area contributed by atoms with Crippen molar-refractivity contribution in [3.05, 3.63) is 65.4 Å². The molecule has 8 heteroatoms. The van der Waals surface area contributed by atoms with Gasteiger partial charge < -0.3 is 10.6 Å². The predicted octanol–water partition coefficient (Wildman–Crippen LogP) is 5.30. The first-order valence-corrected chi connectivity index (χ1v) is 9.38. The van der Waals surface area contributed by atoms with Crippen LogP contribution in [0, 0.1) is 18.6 Å². The Morgan fingerprint density at radius 2 is 1.86 bits per heavy atom. The van der Waals surface area contributed by atoms with E-state index >= 15 is 0 Å². The second-order valence-corrected chi connectivity index (χ2v) is 7.27. The molecule has 0 unspecified atom stereocenters. The summed E-state index contributed by atoms with van der Waals surface area (Å²) in [6.45, 7) is 1.99. The third kappa shape index (κ3) is 3.61. The number of benzene rings is 2. The van der Waals surface area contributed by atoms with Crippen LogP contribution in [0.4, 0.5) is 32.1 Å². The molecule has 4 aromatic rings. The van der Waals surface area contributed by atoms with Gasteiger partial charge in [-0.25, -0.2) is 13.8 Å². The van der Waals surface area contributed by atoms with Crippen LogP contribution in [0.25, 0.3) is 10.9 Å². The Bertz CT molecular complexity index is 1220. The quantitative estimate of drug-likeness (QED) is 0.429. The summed E-state index contributed by atoms with van der Waals surface area (Å²) in [7, 11) is 0. The van der Waals surface area contributed by atoms with Crippen molar-refractivity contribution >= 4 is 34.2 Å². The topological polar surface area (TPSA) is 78.5 Å². The molecule has 0 atom stereocenters. The SMILES string of the molecule is Cc1ccc2nc(Nc3ccc(F)cc3F)nc(Nc3cc(C4CC4)[nH]n3)c2c1. The summed E-state index contributed by atoms with van der Waals surface area (Å²) in [6.07, 6.45) is 2.35. The number of H-pyrrole nitrogens is 1. The highest BCUT2D eigenvalue weighted by Crippen LogP contribution is 2.40. The van der Waals surface area contributed by atoms with E-state index in [2.05, 4.69) is 30.8 Å². The highest BCUT2D eigenvalue weighted by molar-refractivity contribution is 5.92. The molecule has 1 aliphatic rings. The van der Waals surface area contributed by atoms with Crippen molar-refractivity contribution < 1.29 is 8.78 Å². The van der Waals surface area contributed by atoms with Crippen molar-refractivity contribution in [1.82, 2.24) is 20.2 Å². The molecular formula is C21H18F2N6. The zero-order chi connectivity index (χ0) is 20.0. The molecule has 1 saturated carbocycles. The van der Waals surface area contributed by atoms with Gasteiger partial charge in [0, 0.05) is 29.1 Å². The Morgan fingerprint density at radius 3 is 2.66 bits per heavy atom. The van der Waals surface area contributed by atoms with Crippen molar-refractivity contribution in [2.75, 3.05) is 10.6 Å². The summed E-state index contributed by atoms with van der Waals surface area (Å²) in [5, 5.41) is 14.3. The summed E-state index contributed by atoms with van der Waals surface area (Å²) in [5.41, 5.74) is 2.96. The van der Waals surface area contributed by atoms with Crippen LogP contribution < -0.4 is 10.6 Å². The average molecular weight is 392 g/mol. The number of nitrogens with one attached hydrogen (secondary N) is 3. The Kier molecular flexibility index (Phi) is 4.12. The van der Waals surface area contributed by atoms with Crippen LogP contribution in [0.3, 0.4) is 0 Å². The fourth-order valence-electron chi connectivity index (χ4n) is 3.23. The smallest absolute Gasteiger partial charge is 0.229 e. The van der Waals surface area contributed by atoms with E-state index in [9.17, 15) is 8.78 Å². The molecule has 0 radical (unpaired) electrons. The van der Waals surface area contributed by atoms with Gasteiger partial charge in [0.25, 0.3) is 0 Å². The lowest BCUT2D eigenvalue weighted by Crippen LogP contribution is -2.04. The molecule has 2 aromatic heterocycles. The fraction of sp³-hybridized carbons (Fsp3) is 0.190. The number of aromatic nitrogens is 4. The highest BCUT2D eigenvalue weighted by atomic mass is 19.1. The molecule has 29 heavy (non-hydrogen) atoms. The molecule has 0 spiro atoms. The van der Waals surface area contributed by atoms with E-state index < -0.39 is 11.6 Å². The number of aryl methyl sites for hydroxylation is 1. The molecule has 0 amide bonds. The Hall–Kier alpha value is -3.55. The molecule has 0 bridgehead atoms. The van der Waals surface area contributed by atoms with E-state index in [1.54, 1.807) is 0 Å². The van der Waals surface area contributed by atoms with Gasteiger partial charge in [0.05, 0.1) is 11.2 Å². The van der Waals surface area contributed by atoms with Crippen LogP contribution in [-0.2, 0) is 0 Å². The van der Waals surface area contributed by atoms with Gasteiger partial charge in [-0.05, 0) is 44.0 Å². The molecule has 5 rings (SSSR count). The van der Waals surface area contributed by atoms with Crippen LogP contribution in [0.15, 0.2) is 42.5 Å². The zero-order valence-electron chi connectivity index (χ0n) is 15.6. The average Bonchev–Trinajstić information content (AvgIpc) is 3.44. The van der Waals surface area contributed by atoms with Crippen molar-refractivity contribution in [1.29, 1.82) is 0 Å². The molecule has 3 N–H and O–H groups in total. The Labute approximate surface area is 165 Å². The maximum absolute atomic E-state index is 14.0. The minimum atomic E-state index is -0.714. The van der Waals surface area contributed by atoms with Crippen molar-refractivity contribution in [2.24, 2.45) is 0 Å². The lowest BCUT2D eigenvalue weighted by atomic mass is 10.1. The number of hydrogen-bond donors (Lipinski definition) is 3. The first-order chi connectivity index (χ1) is 14.0. The van der Waals surface area contributed by atoms with Gasteiger partial charge in [-0.1, -0.05) is 11.6 Å². The van der Waals surface area contributed by atoms with E-state index in [1.807, 2.05) is 31.2 Å². The number of halogens is 2. The molecule has 146 valence electrons. The van der Waals surface area contributed by atoms with Crippen LogP contribution in [0.5, 0.6) is 0 Å². The van der Waals surface area contributed by atoms with Crippen LogP contribution in [-0.4, -0.2) is 20.2 Å². The number of nitrogens with zero attached hydrogens (tertiary/aromatic N) is 3. The van der Waals surface area contributed by atoms with Crippen molar-refractivity contribution in [2.45, 2.75) is 25.7 Å². The van der Waals surface area contributed by atoms with Crippen molar-refractivity contribution in [3.8, 4) is 0 Å². The third-order valence-electron chi connectivity index (χ3n) is 4.89. The van der Waals surface area contributed by atoms with Gasteiger partial charge in [-0.3, -0.25) is 5.10 Å². The van der Waals surface area contributed by atoms with Gasteiger partial charge in [-0.2, -0.15) is 10.1 Å². The van der Waals surface area contributed by atoms with Gasteiger partial charge in [0.2, 0.25) is 5.95 Å².